The lowest BCUT2D eigenvalue weighted by atomic mass is 10.0. The highest BCUT2D eigenvalue weighted by molar-refractivity contribution is 6.08. The first-order valence-electron chi connectivity index (χ1n) is 6.14. The van der Waals surface area contributed by atoms with E-state index in [0.29, 0.717) is 18.6 Å². The molecule has 7 heteroatoms. The summed E-state index contributed by atoms with van der Waals surface area (Å²) in [5.41, 5.74) is -0.435. The highest BCUT2D eigenvalue weighted by atomic mass is 19.2. The van der Waals surface area contributed by atoms with Gasteiger partial charge in [-0.3, -0.25) is 14.5 Å². The highest BCUT2D eigenvalue weighted by Gasteiger charge is 2.39. The van der Waals surface area contributed by atoms with Gasteiger partial charge in [0.05, 0.1) is 5.69 Å². The number of rotatable bonds is 2. The number of piperazine rings is 1. The molecule has 1 fully saturated rings. The summed E-state index contributed by atoms with van der Waals surface area (Å²) in [6.45, 7) is 3.07. The van der Waals surface area contributed by atoms with Gasteiger partial charge >= 0.3 is 0 Å². The SMILES string of the molecule is CCC1NC(=O)C(C)N(c2cc(F)c(F)cc2F)C1=O. The van der Waals surface area contributed by atoms with E-state index in [1.807, 2.05) is 0 Å². The third-order valence-corrected chi connectivity index (χ3v) is 3.28. The number of carbonyl (C=O) groups is 2. The maximum absolute atomic E-state index is 13.8. The zero-order valence-electron chi connectivity index (χ0n) is 10.9. The Hall–Kier alpha value is -2.05. The summed E-state index contributed by atoms with van der Waals surface area (Å²) in [6, 6.07) is -0.849. The molecule has 0 radical (unpaired) electrons. The van der Waals surface area contributed by atoms with Gasteiger partial charge in [-0.15, -0.1) is 0 Å². The smallest absolute Gasteiger partial charge is 0.250 e. The molecular weight excluding hydrogens is 273 g/mol. The summed E-state index contributed by atoms with van der Waals surface area (Å²) in [4.78, 5) is 24.8. The van der Waals surface area contributed by atoms with Gasteiger partial charge in [-0.05, 0) is 13.3 Å². The van der Waals surface area contributed by atoms with E-state index in [2.05, 4.69) is 5.32 Å². The molecule has 1 aromatic rings. The summed E-state index contributed by atoms with van der Waals surface area (Å²) in [5, 5.41) is 2.49. The van der Waals surface area contributed by atoms with Crippen LogP contribution in [-0.4, -0.2) is 23.9 Å². The van der Waals surface area contributed by atoms with Crippen molar-refractivity contribution >= 4 is 17.5 Å². The fourth-order valence-corrected chi connectivity index (χ4v) is 2.13. The van der Waals surface area contributed by atoms with Crippen molar-refractivity contribution in [2.24, 2.45) is 0 Å². The van der Waals surface area contributed by atoms with Crippen molar-refractivity contribution in [1.29, 1.82) is 0 Å². The van der Waals surface area contributed by atoms with Crippen molar-refractivity contribution in [3.8, 4) is 0 Å². The normalized spacial score (nSPS) is 22.9. The Labute approximate surface area is 113 Å². The molecule has 0 spiro atoms. The molecule has 2 unspecified atom stereocenters. The Morgan fingerprint density at radius 1 is 1.15 bits per heavy atom. The third-order valence-electron chi connectivity index (χ3n) is 3.28. The topological polar surface area (TPSA) is 49.4 Å². The maximum atomic E-state index is 13.8. The van der Waals surface area contributed by atoms with Gasteiger partial charge in [0.25, 0.3) is 0 Å². The first-order chi connectivity index (χ1) is 9.36. The van der Waals surface area contributed by atoms with E-state index >= 15 is 0 Å². The minimum Gasteiger partial charge on any atom is -0.343 e. The molecule has 1 N–H and O–H groups in total. The lowest BCUT2D eigenvalue weighted by Crippen LogP contribution is -2.62. The van der Waals surface area contributed by atoms with E-state index in [0.717, 1.165) is 4.90 Å². The van der Waals surface area contributed by atoms with Crippen LogP contribution in [0.25, 0.3) is 0 Å². The fraction of sp³-hybridized carbons (Fsp3) is 0.385. The summed E-state index contributed by atoms with van der Waals surface area (Å²) in [7, 11) is 0. The van der Waals surface area contributed by atoms with Gasteiger partial charge in [0.2, 0.25) is 11.8 Å². The Balaban J connectivity index is 2.51. The Bertz CT molecular complexity index is 577. The fourth-order valence-electron chi connectivity index (χ4n) is 2.13. The minimum absolute atomic E-state index is 0.319. The van der Waals surface area contributed by atoms with Gasteiger partial charge in [-0.2, -0.15) is 0 Å². The second-order valence-electron chi connectivity index (χ2n) is 4.57. The van der Waals surface area contributed by atoms with Crippen LogP contribution in [0.5, 0.6) is 0 Å². The van der Waals surface area contributed by atoms with Crippen molar-refractivity contribution in [1.82, 2.24) is 5.32 Å². The van der Waals surface area contributed by atoms with Gasteiger partial charge in [0, 0.05) is 12.1 Å². The Kier molecular flexibility index (Phi) is 3.69. The molecule has 2 rings (SSSR count). The van der Waals surface area contributed by atoms with E-state index in [4.69, 9.17) is 0 Å². The van der Waals surface area contributed by atoms with Crippen LogP contribution in [0.15, 0.2) is 12.1 Å². The molecule has 2 amide bonds. The van der Waals surface area contributed by atoms with Gasteiger partial charge < -0.3 is 5.32 Å². The molecule has 1 heterocycles. The van der Waals surface area contributed by atoms with Crippen LogP contribution in [0.1, 0.15) is 20.3 Å². The molecule has 0 aliphatic carbocycles. The molecule has 108 valence electrons. The van der Waals surface area contributed by atoms with Gasteiger partial charge in [0.15, 0.2) is 11.6 Å². The molecule has 1 saturated heterocycles. The summed E-state index contributed by atoms with van der Waals surface area (Å²) >= 11 is 0. The molecule has 20 heavy (non-hydrogen) atoms. The predicted octanol–water partition coefficient (Wildman–Crippen LogP) is 1.73. The van der Waals surface area contributed by atoms with Crippen LogP contribution < -0.4 is 10.2 Å². The van der Waals surface area contributed by atoms with Crippen LogP contribution >= 0.6 is 0 Å². The number of hydrogen-bond acceptors (Lipinski definition) is 2. The quantitative estimate of drug-likeness (QED) is 0.842. The standard InChI is InChI=1S/C13H13F3N2O2/c1-3-10-13(20)18(6(2)12(19)17-10)11-5-8(15)7(14)4-9(11)16/h4-6,10H,3H2,1-2H3,(H,17,19). The van der Waals surface area contributed by atoms with Crippen LogP contribution in [0.4, 0.5) is 18.9 Å². The van der Waals surface area contributed by atoms with E-state index in [1.165, 1.54) is 6.92 Å². The number of carbonyl (C=O) groups excluding carboxylic acids is 2. The van der Waals surface area contributed by atoms with Gasteiger partial charge in [0.1, 0.15) is 17.9 Å². The number of halogens is 3. The Morgan fingerprint density at radius 2 is 1.75 bits per heavy atom. The van der Waals surface area contributed by atoms with E-state index in [9.17, 15) is 22.8 Å². The average Bonchev–Trinajstić information content (AvgIpc) is 2.40. The molecule has 1 aliphatic heterocycles. The molecule has 1 aromatic carbocycles. The zero-order valence-corrected chi connectivity index (χ0v) is 10.9. The summed E-state index contributed by atoms with van der Waals surface area (Å²) in [6.07, 6.45) is 0.319. The molecule has 1 aliphatic rings. The first-order valence-corrected chi connectivity index (χ1v) is 6.14. The Morgan fingerprint density at radius 3 is 2.35 bits per heavy atom. The molecule has 4 nitrogen and oxygen atoms in total. The zero-order chi connectivity index (χ0) is 15.0. The van der Waals surface area contributed by atoms with Crippen LogP contribution in [0, 0.1) is 17.5 Å². The lowest BCUT2D eigenvalue weighted by molar-refractivity contribution is -0.133. The number of nitrogens with one attached hydrogen (secondary N) is 1. The lowest BCUT2D eigenvalue weighted by Gasteiger charge is -2.37. The van der Waals surface area contributed by atoms with Gasteiger partial charge in [-0.1, -0.05) is 6.92 Å². The van der Waals surface area contributed by atoms with Crippen LogP contribution in [0.3, 0.4) is 0 Å². The highest BCUT2D eigenvalue weighted by Crippen LogP contribution is 2.27. The largest absolute Gasteiger partial charge is 0.343 e. The second-order valence-corrected chi connectivity index (χ2v) is 4.57. The van der Waals surface area contributed by atoms with E-state index < -0.39 is 47.0 Å². The van der Waals surface area contributed by atoms with Crippen molar-refractivity contribution in [2.45, 2.75) is 32.4 Å². The third kappa shape index (κ3) is 2.23. The molecular formula is C13H13F3N2O2. The predicted molar refractivity (Wildman–Crippen MR) is 65.5 cm³/mol. The van der Waals surface area contributed by atoms with Gasteiger partial charge in [-0.25, -0.2) is 13.2 Å². The van der Waals surface area contributed by atoms with Crippen LogP contribution in [-0.2, 0) is 9.59 Å². The summed E-state index contributed by atoms with van der Waals surface area (Å²) in [5.74, 6) is -4.74. The van der Waals surface area contributed by atoms with Crippen LogP contribution in [0.2, 0.25) is 0 Å². The average molecular weight is 286 g/mol. The van der Waals surface area contributed by atoms with Crippen molar-refractivity contribution < 1.29 is 22.8 Å². The molecule has 0 saturated carbocycles. The second kappa shape index (κ2) is 5.15. The number of benzene rings is 1. The number of amides is 2. The molecule has 0 aromatic heterocycles. The minimum atomic E-state index is -1.35. The number of anilines is 1. The van der Waals surface area contributed by atoms with Crippen molar-refractivity contribution in [2.75, 3.05) is 4.90 Å². The van der Waals surface area contributed by atoms with E-state index in [-0.39, 0.29) is 0 Å². The number of nitrogens with zero attached hydrogens (tertiary/aromatic N) is 1. The van der Waals surface area contributed by atoms with E-state index in [1.54, 1.807) is 6.92 Å². The monoisotopic (exact) mass is 286 g/mol. The first kappa shape index (κ1) is 14.4. The van der Waals surface area contributed by atoms with Crippen molar-refractivity contribution in [3.05, 3.63) is 29.6 Å². The number of hydrogen-bond donors (Lipinski definition) is 1. The molecule has 2 atom stereocenters. The summed E-state index contributed by atoms with van der Waals surface area (Å²) < 4.78 is 40.0. The molecule has 0 bridgehead atoms. The maximum Gasteiger partial charge on any atom is 0.250 e. The van der Waals surface area contributed by atoms with Crippen molar-refractivity contribution in [3.63, 3.8) is 0 Å².